The molecule has 0 saturated heterocycles. The summed E-state index contributed by atoms with van der Waals surface area (Å²) in [5.41, 5.74) is 3.70. The number of anilines is 1. The Morgan fingerprint density at radius 2 is 1.90 bits per heavy atom. The normalized spacial score (nSPS) is 10.1. The first-order valence-electron chi connectivity index (χ1n) is 6.04. The van der Waals surface area contributed by atoms with E-state index in [1.807, 2.05) is 53.1 Å². The van der Waals surface area contributed by atoms with Crippen LogP contribution in [-0.2, 0) is 4.79 Å². The topological polar surface area (TPSA) is 46.9 Å². The molecule has 102 valence electrons. The summed E-state index contributed by atoms with van der Waals surface area (Å²) in [5.74, 6) is -0.0816. The van der Waals surface area contributed by atoms with E-state index in [0.717, 1.165) is 22.4 Å². The van der Waals surface area contributed by atoms with E-state index in [0.29, 0.717) is 0 Å². The van der Waals surface area contributed by atoms with Crippen molar-refractivity contribution < 1.29 is 4.79 Å². The third-order valence-corrected chi connectivity index (χ3v) is 2.90. The average molecular weight is 288 g/mol. The Labute approximate surface area is 122 Å². The fourth-order valence-electron chi connectivity index (χ4n) is 2.09. The molecule has 0 spiro atoms. The van der Waals surface area contributed by atoms with E-state index in [9.17, 15) is 4.79 Å². The highest BCUT2D eigenvalue weighted by molar-refractivity contribution is 5.91. The van der Waals surface area contributed by atoms with E-state index in [2.05, 4.69) is 10.3 Å². The third-order valence-electron chi connectivity index (χ3n) is 2.90. The molecule has 5 heteroatoms. The maximum Gasteiger partial charge on any atom is 0.221 e. The number of amides is 1. The van der Waals surface area contributed by atoms with Gasteiger partial charge in [-0.1, -0.05) is 18.2 Å². The van der Waals surface area contributed by atoms with E-state index < -0.39 is 0 Å². The van der Waals surface area contributed by atoms with Crippen molar-refractivity contribution in [1.82, 2.24) is 9.55 Å². The first kappa shape index (κ1) is 14.1. The quantitative estimate of drug-likeness (QED) is 0.785. The maximum absolute atomic E-state index is 11.0. The molecule has 0 aliphatic carbocycles. The Morgan fingerprint density at radius 1 is 1.15 bits per heavy atom. The molecule has 20 heavy (non-hydrogen) atoms. The molecule has 4 nitrogen and oxygen atoms in total. The molecule has 0 fully saturated rings. The highest BCUT2D eigenvalue weighted by Gasteiger charge is 2.05. The van der Waals surface area contributed by atoms with Crippen LogP contribution in [0.1, 0.15) is 6.92 Å². The Hall–Kier alpha value is -2.33. The molecule has 1 amide bonds. The molecule has 1 heterocycles. The molecule has 3 aromatic rings. The second kappa shape index (κ2) is 5.75. The van der Waals surface area contributed by atoms with Gasteiger partial charge in [-0.2, -0.15) is 0 Å². The molecule has 2 aromatic carbocycles. The van der Waals surface area contributed by atoms with Crippen molar-refractivity contribution in [3.8, 4) is 5.69 Å². The second-order valence-corrected chi connectivity index (χ2v) is 4.33. The number of hydrogen-bond acceptors (Lipinski definition) is 2. The first-order valence-corrected chi connectivity index (χ1v) is 6.04. The number of aromatic nitrogens is 2. The standard InChI is InChI=1S/C15H13N3O.ClH/c1-11(19)17-12-7-8-15-14(9-12)16-10-18(15)13-5-3-2-4-6-13;/h2-10H,1H3,(H,17,19);1H. The Morgan fingerprint density at radius 3 is 2.60 bits per heavy atom. The van der Waals surface area contributed by atoms with Gasteiger partial charge >= 0.3 is 0 Å². The van der Waals surface area contributed by atoms with E-state index in [1.54, 1.807) is 6.33 Å². The molecule has 0 aliphatic rings. The number of rotatable bonds is 2. The molecular weight excluding hydrogens is 274 g/mol. The van der Waals surface area contributed by atoms with E-state index >= 15 is 0 Å². The van der Waals surface area contributed by atoms with Gasteiger partial charge < -0.3 is 5.32 Å². The molecule has 3 rings (SSSR count). The molecule has 0 aliphatic heterocycles. The number of nitrogens with one attached hydrogen (secondary N) is 1. The Balaban J connectivity index is 0.00000147. The number of hydrogen-bond donors (Lipinski definition) is 1. The van der Waals surface area contributed by atoms with Crippen molar-refractivity contribution in [2.24, 2.45) is 0 Å². The van der Waals surface area contributed by atoms with E-state index in [1.165, 1.54) is 6.92 Å². The summed E-state index contributed by atoms with van der Waals surface area (Å²) in [6, 6.07) is 15.7. The summed E-state index contributed by atoms with van der Waals surface area (Å²) in [7, 11) is 0. The summed E-state index contributed by atoms with van der Waals surface area (Å²) in [6.45, 7) is 1.49. The van der Waals surface area contributed by atoms with Crippen LogP contribution in [0.2, 0.25) is 0 Å². The van der Waals surface area contributed by atoms with Crippen molar-refractivity contribution >= 4 is 35.0 Å². The number of fused-ring (bicyclic) bond motifs is 1. The smallest absolute Gasteiger partial charge is 0.221 e. The zero-order chi connectivity index (χ0) is 13.2. The van der Waals surface area contributed by atoms with Gasteiger partial charge in [0.05, 0.1) is 11.0 Å². The minimum absolute atomic E-state index is 0. The van der Waals surface area contributed by atoms with Gasteiger partial charge in [-0.25, -0.2) is 4.98 Å². The SMILES string of the molecule is CC(=O)Nc1ccc2c(c1)ncn2-c1ccccc1.Cl. The van der Waals surface area contributed by atoms with Crippen molar-refractivity contribution in [3.63, 3.8) is 0 Å². The molecule has 0 saturated carbocycles. The second-order valence-electron chi connectivity index (χ2n) is 4.33. The van der Waals surface area contributed by atoms with Crippen LogP contribution in [0.4, 0.5) is 5.69 Å². The zero-order valence-electron chi connectivity index (χ0n) is 10.9. The van der Waals surface area contributed by atoms with Crippen molar-refractivity contribution in [2.45, 2.75) is 6.92 Å². The number of nitrogens with zero attached hydrogens (tertiary/aromatic N) is 2. The number of benzene rings is 2. The first-order chi connectivity index (χ1) is 9.24. The van der Waals surface area contributed by atoms with Gasteiger partial charge in [-0.15, -0.1) is 12.4 Å². The lowest BCUT2D eigenvalue weighted by molar-refractivity contribution is -0.114. The van der Waals surface area contributed by atoms with Crippen molar-refractivity contribution in [2.75, 3.05) is 5.32 Å². The number of imidazole rings is 1. The van der Waals surface area contributed by atoms with Crippen molar-refractivity contribution in [1.29, 1.82) is 0 Å². The molecule has 0 unspecified atom stereocenters. The van der Waals surface area contributed by atoms with Crippen LogP contribution < -0.4 is 5.32 Å². The van der Waals surface area contributed by atoms with Crippen LogP contribution >= 0.6 is 12.4 Å². The summed E-state index contributed by atoms with van der Waals surface area (Å²) >= 11 is 0. The van der Waals surface area contributed by atoms with Gasteiger partial charge in [0.1, 0.15) is 6.33 Å². The van der Waals surface area contributed by atoms with E-state index in [4.69, 9.17) is 0 Å². The molecular formula is C15H14ClN3O. The maximum atomic E-state index is 11.0. The highest BCUT2D eigenvalue weighted by Crippen LogP contribution is 2.21. The average Bonchev–Trinajstić information content (AvgIpc) is 2.82. The fraction of sp³-hybridized carbons (Fsp3) is 0.0667. The number of carbonyl (C=O) groups is 1. The number of para-hydroxylation sites is 1. The van der Waals surface area contributed by atoms with Gasteiger partial charge in [-0.3, -0.25) is 9.36 Å². The van der Waals surface area contributed by atoms with Gasteiger partial charge in [0.15, 0.2) is 0 Å². The minimum atomic E-state index is -0.0816. The Bertz CT molecular complexity index is 737. The van der Waals surface area contributed by atoms with Crippen LogP contribution in [0.5, 0.6) is 0 Å². The highest BCUT2D eigenvalue weighted by atomic mass is 35.5. The monoisotopic (exact) mass is 287 g/mol. The lowest BCUT2D eigenvalue weighted by Gasteiger charge is -2.05. The zero-order valence-corrected chi connectivity index (χ0v) is 11.7. The summed E-state index contributed by atoms with van der Waals surface area (Å²) in [4.78, 5) is 15.4. The van der Waals surface area contributed by atoms with Crippen LogP contribution in [0.25, 0.3) is 16.7 Å². The third kappa shape index (κ3) is 2.65. The Kier molecular flexibility index (Phi) is 4.05. The van der Waals surface area contributed by atoms with Gasteiger partial charge in [0, 0.05) is 18.3 Å². The van der Waals surface area contributed by atoms with Gasteiger partial charge in [-0.05, 0) is 30.3 Å². The van der Waals surface area contributed by atoms with Gasteiger partial charge in [0.25, 0.3) is 0 Å². The van der Waals surface area contributed by atoms with Crippen molar-refractivity contribution in [3.05, 3.63) is 54.9 Å². The number of halogens is 1. The fourth-order valence-corrected chi connectivity index (χ4v) is 2.09. The summed E-state index contributed by atoms with van der Waals surface area (Å²) in [5, 5.41) is 2.76. The van der Waals surface area contributed by atoms with Crippen LogP contribution in [0.3, 0.4) is 0 Å². The van der Waals surface area contributed by atoms with E-state index in [-0.39, 0.29) is 18.3 Å². The lowest BCUT2D eigenvalue weighted by atomic mass is 10.2. The minimum Gasteiger partial charge on any atom is -0.326 e. The molecule has 1 N–H and O–H groups in total. The molecule has 0 radical (unpaired) electrons. The van der Waals surface area contributed by atoms with Gasteiger partial charge in [0.2, 0.25) is 5.91 Å². The van der Waals surface area contributed by atoms with Crippen LogP contribution in [0.15, 0.2) is 54.9 Å². The molecule has 1 aromatic heterocycles. The van der Waals surface area contributed by atoms with Crippen LogP contribution in [0, 0.1) is 0 Å². The predicted molar refractivity (Wildman–Crippen MR) is 82.6 cm³/mol. The number of carbonyl (C=O) groups excluding carboxylic acids is 1. The lowest BCUT2D eigenvalue weighted by Crippen LogP contribution is -2.05. The largest absolute Gasteiger partial charge is 0.326 e. The molecule has 0 atom stereocenters. The summed E-state index contributed by atoms with van der Waals surface area (Å²) in [6.07, 6.45) is 1.79. The van der Waals surface area contributed by atoms with Crippen LogP contribution in [-0.4, -0.2) is 15.5 Å². The molecule has 0 bridgehead atoms. The summed E-state index contributed by atoms with van der Waals surface area (Å²) < 4.78 is 2.02. The predicted octanol–water partition coefficient (Wildman–Crippen LogP) is 3.41.